The molecule has 0 aromatic heterocycles. The zero-order valence-electron chi connectivity index (χ0n) is 11.4. The Morgan fingerprint density at radius 2 is 1.86 bits per heavy atom. The van der Waals surface area contributed by atoms with Crippen LogP contribution in [0.2, 0.25) is 0 Å². The second-order valence-electron chi connectivity index (χ2n) is 4.81. The predicted molar refractivity (Wildman–Crippen MR) is 84.0 cm³/mol. The molecule has 0 amide bonds. The summed E-state index contributed by atoms with van der Waals surface area (Å²) in [6.45, 7) is 1.78. The lowest BCUT2D eigenvalue weighted by Crippen LogP contribution is -2.34. The monoisotopic (exact) mass is 371 g/mol. The third kappa shape index (κ3) is 4.62. The van der Waals surface area contributed by atoms with Gasteiger partial charge >= 0.3 is 0 Å². The number of rotatable bonds is 5. The zero-order valence-corrected chi connectivity index (χ0v) is 13.8. The molecule has 0 spiro atoms. The van der Waals surface area contributed by atoms with E-state index < -0.39 is 10.0 Å². The summed E-state index contributed by atoms with van der Waals surface area (Å²) in [6, 6.07) is 12.3. The van der Waals surface area contributed by atoms with E-state index in [0.717, 1.165) is 5.56 Å². The molecule has 2 rings (SSSR count). The van der Waals surface area contributed by atoms with E-state index in [1.54, 1.807) is 37.3 Å². The van der Waals surface area contributed by atoms with Gasteiger partial charge in [0.25, 0.3) is 0 Å². The third-order valence-corrected chi connectivity index (χ3v) is 5.00. The van der Waals surface area contributed by atoms with Crippen LogP contribution >= 0.6 is 15.9 Å². The van der Waals surface area contributed by atoms with Gasteiger partial charge in [0, 0.05) is 10.5 Å². The van der Waals surface area contributed by atoms with E-state index in [4.69, 9.17) is 0 Å². The van der Waals surface area contributed by atoms with Crippen molar-refractivity contribution in [1.29, 1.82) is 0 Å². The van der Waals surface area contributed by atoms with Gasteiger partial charge in [-0.15, -0.1) is 0 Å². The van der Waals surface area contributed by atoms with E-state index in [1.807, 2.05) is 0 Å². The highest BCUT2D eigenvalue weighted by molar-refractivity contribution is 9.10. The fourth-order valence-corrected chi connectivity index (χ4v) is 3.82. The molecule has 2 aromatic rings. The fraction of sp³-hybridized carbons (Fsp3) is 0.200. The second kappa shape index (κ2) is 6.68. The van der Waals surface area contributed by atoms with Crippen molar-refractivity contribution in [1.82, 2.24) is 4.72 Å². The van der Waals surface area contributed by atoms with Gasteiger partial charge in [-0.05, 0) is 49.2 Å². The lowest BCUT2D eigenvalue weighted by Gasteiger charge is -2.14. The van der Waals surface area contributed by atoms with Crippen molar-refractivity contribution in [2.75, 3.05) is 0 Å². The Labute approximate surface area is 132 Å². The van der Waals surface area contributed by atoms with Gasteiger partial charge in [0.2, 0.25) is 10.0 Å². The maximum Gasteiger partial charge on any atom is 0.240 e. The number of halogens is 2. The topological polar surface area (TPSA) is 46.2 Å². The van der Waals surface area contributed by atoms with Crippen LogP contribution in [0.5, 0.6) is 0 Å². The van der Waals surface area contributed by atoms with Crippen molar-refractivity contribution in [3.63, 3.8) is 0 Å². The van der Waals surface area contributed by atoms with Crippen molar-refractivity contribution in [3.8, 4) is 0 Å². The molecule has 0 bridgehead atoms. The minimum atomic E-state index is -3.56. The number of sulfonamides is 1. The summed E-state index contributed by atoms with van der Waals surface area (Å²) in [6.07, 6.45) is 0.494. The Hall–Kier alpha value is -1.24. The first-order chi connectivity index (χ1) is 9.87. The molecule has 6 heteroatoms. The smallest absolute Gasteiger partial charge is 0.208 e. The summed E-state index contributed by atoms with van der Waals surface area (Å²) < 4.78 is 40.7. The molecule has 0 aliphatic rings. The first-order valence-electron chi connectivity index (χ1n) is 6.39. The first-order valence-corrected chi connectivity index (χ1v) is 8.67. The summed E-state index contributed by atoms with van der Waals surface area (Å²) in [7, 11) is -3.56. The molecule has 0 aliphatic carbocycles. The fourth-order valence-electron chi connectivity index (χ4n) is 1.98. The van der Waals surface area contributed by atoms with Crippen LogP contribution in [0.4, 0.5) is 4.39 Å². The molecule has 1 unspecified atom stereocenters. The highest BCUT2D eigenvalue weighted by Crippen LogP contribution is 2.16. The lowest BCUT2D eigenvalue weighted by atomic mass is 10.1. The number of benzene rings is 2. The summed E-state index contributed by atoms with van der Waals surface area (Å²) >= 11 is 3.25. The molecule has 0 saturated heterocycles. The van der Waals surface area contributed by atoms with Gasteiger partial charge in [-0.1, -0.05) is 34.1 Å². The molecule has 1 N–H and O–H groups in total. The van der Waals surface area contributed by atoms with Crippen LogP contribution in [0, 0.1) is 5.82 Å². The van der Waals surface area contributed by atoms with Crippen molar-refractivity contribution < 1.29 is 12.8 Å². The van der Waals surface area contributed by atoms with Crippen LogP contribution in [0.3, 0.4) is 0 Å². The highest BCUT2D eigenvalue weighted by Gasteiger charge is 2.17. The SMILES string of the molecule is CC(Cc1ccc(F)cc1)NS(=O)(=O)c1cccc(Br)c1. The molecule has 3 nitrogen and oxygen atoms in total. The molecule has 2 aromatic carbocycles. The Morgan fingerprint density at radius 3 is 2.48 bits per heavy atom. The van der Waals surface area contributed by atoms with Gasteiger partial charge in [-0.25, -0.2) is 17.5 Å². The molecular formula is C15H15BrFNO2S. The summed E-state index contributed by atoms with van der Waals surface area (Å²) in [4.78, 5) is 0.211. The summed E-state index contributed by atoms with van der Waals surface area (Å²) in [5.74, 6) is -0.305. The van der Waals surface area contributed by atoms with Crippen LogP contribution in [0.25, 0.3) is 0 Å². The van der Waals surface area contributed by atoms with E-state index in [9.17, 15) is 12.8 Å². The molecule has 0 saturated carbocycles. The van der Waals surface area contributed by atoms with E-state index in [2.05, 4.69) is 20.7 Å². The zero-order chi connectivity index (χ0) is 15.5. The first kappa shape index (κ1) is 16.1. The standard InChI is InChI=1S/C15H15BrFNO2S/c1-11(9-12-5-7-14(17)8-6-12)18-21(19,20)15-4-2-3-13(16)10-15/h2-8,10-11,18H,9H2,1H3. The highest BCUT2D eigenvalue weighted by atomic mass is 79.9. The third-order valence-electron chi connectivity index (χ3n) is 2.92. The van der Waals surface area contributed by atoms with Gasteiger partial charge in [0.1, 0.15) is 5.82 Å². The molecule has 0 aliphatic heterocycles. The van der Waals surface area contributed by atoms with E-state index in [1.165, 1.54) is 18.2 Å². The Bertz CT molecular complexity index is 717. The van der Waals surface area contributed by atoms with Crippen LogP contribution in [-0.4, -0.2) is 14.5 Å². The number of hydrogen-bond acceptors (Lipinski definition) is 2. The number of hydrogen-bond donors (Lipinski definition) is 1. The molecule has 112 valence electrons. The maximum absolute atomic E-state index is 12.8. The van der Waals surface area contributed by atoms with Crippen molar-refractivity contribution in [2.45, 2.75) is 24.3 Å². The van der Waals surface area contributed by atoms with Crippen LogP contribution < -0.4 is 4.72 Å². The quantitative estimate of drug-likeness (QED) is 0.873. The molecule has 21 heavy (non-hydrogen) atoms. The minimum absolute atomic E-state index is 0.211. The number of nitrogens with one attached hydrogen (secondary N) is 1. The van der Waals surface area contributed by atoms with E-state index in [-0.39, 0.29) is 16.8 Å². The van der Waals surface area contributed by atoms with E-state index in [0.29, 0.717) is 10.9 Å². The van der Waals surface area contributed by atoms with Crippen molar-refractivity contribution in [3.05, 3.63) is 64.4 Å². The van der Waals surface area contributed by atoms with Gasteiger partial charge in [-0.2, -0.15) is 0 Å². The summed E-state index contributed by atoms with van der Waals surface area (Å²) in [5.41, 5.74) is 0.876. The van der Waals surface area contributed by atoms with Gasteiger partial charge in [-0.3, -0.25) is 0 Å². The Kier molecular flexibility index (Phi) is 5.13. The average molecular weight is 372 g/mol. The lowest BCUT2D eigenvalue weighted by molar-refractivity contribution is 0.559. The molecule has 0 fully saturated rings. The minimum Gasteiger partial charge on any atom is -0.208 e. The Balaban J connectivity index is 2.07. The predicted octanol–water partition coefficient (Wildman–Crippen LogP) is 3.50. The van der Waals surface area contributed by atoms with Crippen LogP contribution in [0.15, 0.2) is 57.9 Å². The van der Waals surface area contributed by atoms with Gasteiger partial charge in [0.05, 0.1) is 4.90 Å². The average Bonchev–Trinajstić information content (AvgIpc) is 2.41. The Morgan fingerprint density at radius 1 is 1.19 bits per heavy atom. The second-order valence-corrected chi connectivity index (χ2v) is 7.44. The summed E-state index contributed by atoms with van der Waals surface area (Å²) in [5, 5.41) is 0. The van der Waals surface area contributed by atoms with Gasteiger partial charge < -0.3 is 0 Å². The van der Waals surface area contributed by atoms with Crippen LogP contribution in [0.1, 0.15) is 12.5 Å². The van der Waals surface area contributed by atoms with Gasteiger partial charge in [0.15, 0.2) is 0 Å². The maximum atomic E-state index is 12.8. The normalized spacial score (nSPS) is 13.1. The van der Waals surface area contributed by atoms with E-state index >= 15 is 0 Å². The van der Waals surface area contributed by atoms with Crippen LogP contribution in [-0.2, 0) is 16.4 Å². The molecular weight excluding hydrogens is 357 g/mol. The van der Waals surface area contributed by atoms with Crippen molar-refractivity contribution >= 4 is 26.0 Å². The van der Waals surface area contributed by atoms with Crippen molar-refractivity contribution in [2.24, 2.45) is 0 Å². The largest absolute Gasteiger partial charge is 0.240 e. The molecule has 0 heterocycles. The molecule has 1 atom stereocenters. The molecule has 0 radical (unpaired) electrons.